The zero-order valence-corrected chi connectivity index (χ0v) is 15.0. The van der Waals surface area contributed by atoms with Gasteiger partial charge < -0.3 is 11.1 Å². The van der Waals surface area contributed by atoms with Crippen LogP contribution in [0.1, 0.15) is 21.7 Å². The highest BCUT2D eigenvalue weighted by Gasteiger charge is 2.10. The Kier molecular flexibility index (Phi) is 5.75. The molecular weight excluding hydrogens is 348 g/mol. The average molecular weight is 366 g/mol. The lowest BCUT2D eigenvalue weighted by Crippen LogP contribution is -2.09. The van der Waals surface area contributed by atoms with Crippen LogP contribution in [0.15, 0.2) is 54.1 Å². The molecule has 0 aromatic carbocycles. The first-order valence-electron chi connectivity index (χ1n) is 7.93. The number of hydrogen-bond donors (Lipinski definition) is 2. The Hall–Kier alpha value is -3.00. The number of pyridine rings is 2. The lowest BCUT2D eigenvalue weighted by Gasteiger charge is -2.09. The van der Waals surface area contributed by atoms with Gasteiger partial charge in [0.1, 0.15) is 16.5 Å². The standard InChI is InChI=1S/C18H18N6OS/c1-26-17-11-23-15(10-24-17)16(25)8-12-4-6-20-13(7-12)9-22-14-3-2-5-21-18(14)19/h2-7,10-11,22H,8-9H2,1H3,(H2,19,21). The number of nitrogens with one attached hydrogen (secondary N) is 1. The Morgan fingerprint density at radius 1 is 1.15 bits per heavy atom. The van der Waals surface area contributed by atoms with Crippen molar-refractivity contribution in [1.29, 1.82) is 0 Å². The van der Waals surface area contributed by atoms with E-state index in [0.29, 0.717) is 18.1 Å². The molecule has 3 heterocycles. The van der Waals surface area contributed by atoms with E-state index < -0.39 is 0 Å². The minimum Gasteiger partial charge on any atom is -0.382 e. The quantitative estimate of drug-likeness (QED) is 0.485. The summed E-state index contributed by atoms with van der Waals surface area (Å²) in [5, 5.41) is 3.98. The number of hydrogen-bond acceptors (Lipinski definition) is 8. The molecule has 26 heavy (non-hydrogen) atoms. The molecule has 3 N–H and O–H groups in total. The summed E-state index contributed by atoms with van der Waals surface area (Å²) in [7, 11) is 0. The van der Waals surface area contributed by atoms with Gasteiger partial charge in [-0.2, -0.15) is 0 Å². The molecule has 0 aliphatic rings. The van der Waals surface area contributed by atoms with Gasteiger partial charge in [-0.3, -0.25) is 9.78 Å². The van der Waals surface area contributed by atoms with Crippen molar-refractivity contribution < 1.29 is 4.79 Å². The van der Waals surface area contributed by atoms with Gasteiger partial charge >= 0.3 is 0 Å². The summed E-state index contributed by atoms with van der Waals surface area (Å²) in [6.07, 6.45) is 8.62. The van der Waals surface area contributed by atoms with Crippen LogP contribution in [0.25, 0.3) is 0 Å². The normalized spacial score (nSPS) is 10.5. The number of carbonyl (C=O) groups excluding carboxylic acids is 1. The summed E-state index contributed by atoms with van der Waals surface area (Å²) < 4.78 is 0. The van der Waals surface area contributed by atoms with E-state index in [1.54, 1.807) is 18.6 Å². The molecule has 0 saturated carbocycles. The monoisotopic (exact) mass is 366 g/mol. The fourth-order valence-electron chi connectivity index (χ4n) is 2.33. The van der Waals surface area contributed by atoms with Crippen LogP contribution < -0.4 is 11.1 Å². The Morgan fingerprint density at radius 3 is 2.77 bits per heavy atom. The first-order valence-corrected chi connectivity index (χ1v) is 9.15. The highest BCUT2D eigenvalue weighted by molar-refractivity contribution is 7.98. The Morgan fingerprint density at radius 2 is 2.04 bits per heavy atom. The second-order valence-corrected chi connectivity index (χ2v) is 6.32. The molecule has 7 nitrogen and oxygen atoms in total. The average Bonchev–Trinajstić information content (AvgIpc) is 2.68. The van der Waals surface area contributed by atoms with Crippen LogP contribution in [0.4, 0.5) is 11.5 Å². The molecule has 8 heteroatoms. The third-order valence-electron chi connectivity index (χ3n) is 3.67. The maximum Gasteiger partial charge on any atom is 0.187 e. The van der Waals surface area contributed by atoms with Crippen molar-refractivity contribution in [2.24, 2.45) is 0 Å². The Balaban J connectivity index is 1.65. The summed E-state index contributed by atoms with van der Waals surface area (Å²) in [4.78, 5) is 29.1. The number of nitrogens with two attached hydrogens (primary N) is 1. The molecule has 0 saturated heterocycles. The van der Waals surface area contributed by atoms with Gasteiger partial charge in [-0.15, -0.1) is 11.8 Å². The number of anilines is 2. The van der Waals surface area contributed by atoms with Crippen LogP contribution in [0.2, 0.25) is 0 Å². The molecule has 0 fully saturated rings. The van der Waals surface area contributed by atoms with E-state index in [1.165, 1.54) is 18.0 Å². The van der Waals surface area contributed by atoms with Crippen molar-refractivity contribution in [2.45, 2.75) is 18.0 Å². The number of thioether (sulfide) groups is 1. The van der Waals surface area contributed by atoms with Gasteiger partial charge in [0.2, 0.25) is 0 Å². The number of carbonyl (C=O) groups is 1. The van der Waals surface area contributed by atoms with E-state index in [4.69, 9.17) is 5.73 Å². The zero-order chi connectivity index (χ0) is 18.4. The van der Waals surface area contributed by atoms with Crippen LogP contribution >= 0.6 is 11.8 Å². The van der Waals surface area contributed by atoms with Crippen molar-refractivity contribution in [2.75, 3.05) is 17.3 Å². The first-order chi connectivity index (χ1) is 12.7. The third-order valence-corrected chi connectivity index (χ3v) is 4.30. The van der Waals surface area contributed by atoms with Gasteiger partial charge in [0.05, 0.1) is 30.3 Å². The van der Waals surface area contributed by atoms with Crippen LogP contribution in [0.5, 0.6) is 0 Å². The van der Waals surface area contributed by atoms with E-state index in [9.17, 15) is 4.79 Å². The maximum absolute atomic E-state index is 12.4. The number of ketones is 1. The number of nitrogens with zero attached hydrogens (tertiary/aromatic N) is 4. The minimum atomic E-state index is -0.0771. The molecule has 3 rings (SSSR count). The number of Topliss-reactive ketones (excluding diaryl/α,β-unsaturated/α-hetero) is 1. The van der Waals surface area contributed by atoms with Gasteiger partial charge in [-0.25, -0.2) is 15.0 Å². The molecule has 0 aliphatic heterocycles. The molecule has 0 atom stereocenters. The summed E-state index contributed by atoms with van der Waals surface area (Å²) in [5.41, 5.74) is 8.61. The zero-order valence-electron chi connectivity index (χ0n) is 14.2. The van der Waals surface area contributed by atoms with Crippen molar-refractivity contribution in [3.05, 3.63) is 66.0 Å². The first kappa shape index (κ1) is 17.8. The molecule has 0 spiro atoms. The van der Waals surface area contributed by atoms with Crippen molar-refractivity contribution in [3.8, 4) is 0 Å². The predicted molar refractivity (Wildman–Crippen MR) is 102 cm³/mol. The lowest BCUT2D eigenvalue weighted by atomic mass is 10.1. The van der Waals surface area contributed by atoms with E-state index >= 15 is 0 Å². The highest BCUT2D eigenvalue weighted by atomic mass is 32.2. The van der Waals surface area contributed by atoms with Gasteiger partial charge in [-0.1, -0.05) is 0 Å². The Bertz CT molecular complexity index is 900. The summed E-state index contributed by atoms with van der Waals surface area (Å²) in [6, 6.07) is 7.38. The van der Waals surface area contributed by atoms with Crippen LogP contribution in [-0.4, -0.2) is 32.0 Å². The van der Waals surface area contributed by atoms with E-state index in [2.05, 4.69) is 25.3 Å². The minimum absolute atomic E-state index is 0.0771. The lowest BCUT2D eigenvalue weighted by molar-refractivity contribution is 0.0987. The smallest absolute Gasteiger partial charge is 0.187 e. The van der Waals surface area contributed by atoms with Crippen LogP contribution in [0, 0.1) is 0 Å². The number of rotatable bonds is 7. The molecule has 0 aliphatic carbocycles. The summed E-state index contributed by atoms with van der Waals surface area (Å²) in [6.45, 7) is 0.486. The SMILES string of the molecule is CSc1cnc(C(=O)Cc2ccnc(CNc3cccnc3N)c2)cn1. The van der Waals surface area contributed by atoms with Gasteiger partial charge in [0.25, 0.3) is 0 Å². The largest absolute Gasteiger partial charge is 0.382 e. The van der Waals surface area contributed by atoms with Gasteiger partial charge in [0.15, 0.2) is 5.78 Å². The highest BCUT2D eigenvalue weighted by Crippen LogP contribution is 2.15. The molecule has 3 aromatic rings. The Labute approximate surface area is 155 Å². The third kappa shape index (κ3) is 4.54. The fourth-order valence-corrected chi connectivity index (χ4v) is 2.65. The number of aromatic nitrogens is 4. The second kappa shape index (κ2) is 8.39. The van der Waals surface area contributed by atoms with E-state index in [0.717, 1.165) is 22.0 Å². The topological polar surface area (TPSA) is 107 Å². The van der Waals surface area contributed by atoms with Crippen LogP contribution in [0.3, 0.4) is 0 Å². The van der Waals surface area contributed by atoms with E-state index in [-0.39, 0.29) is 12.2 Å². The van der Waals surface area contributed by atoms with E-state index in [1.807, 2.05) is 30.5 Å². The molecule has 0 unspecified atom stereocenters. The summed E-state index contributed by atoms with van der Waals surface area (Å²) >= 11 is 1.49. The maximum atomic E-state index is 12.4. The molecule has 0 bridgehead atoms. The van der Waals surface area contributed by atoms with Crippen LogP contribution in [-0.2, 0) is 13.0 Å². The molecule has 0 radical (unpaired) electrons. The van der Waals surface area contributed by atoms with Crippen molar-refractivity contribution >= 4 is 29.1 Å². The summed E-state index contributed by atoms with van der Waals surface area (Å²) in [5.74, 6) is 0.359. The molecular formula is C18H18N6OS. The fraction of sp³-hybridized carbons (Fsp3) is 0.167. The van der Waals surface area contributed by atoms with Crippen molar-refractivity contribution in [1.82, 2.24) is 19.9 Å². The van der Waals surface area contributed by atoms with Gasteiger partial charge in [-0.05, 0) is 36.1 Å². The molecule has 132 valence electrons. The second-order valence-electron chi connectivity index (χ2n) is 5.49. The molecule has 3 aromatic heterocycles. The molecule has 0 amide bonds. The predicted octanol–water partition coefficient (Wildman–Crippen LogP) is 2.61. The van der Waals surface area contributed by atoms with Crippen molar-refractivity contribution in [3.63, 3.8) is 0 Å². The van der Waals surface area contributed by atoms with Gasteiger partial charge in [0, 0.05) is 18.8 Å². The number of nitrogen functional groups attached to an aromatic ring is 1.